The first-order chi connectivity index (χ1) is 2.56. The zero-order valence-electron chi connectivity index (χ0n) is 6.63. The van der Waals surface area contributed by atoms with Gasteiger partial charge in [-0.2, -0.15) is 0 Å². The van der Waals surface area contributed by atoms with Gasteiger partial charge in [0.2, 0.25) is 0 Å². The van der Waals surface area contributed by atoms with E-state index in [0.29, 0.717) is 0 Å². The zero-order chi connectivity index (χ0) is 5.21. The molecule has 2 N–H and O–H groups in total. The van der Waals surface area contributed by atoms with Crippen LogP contribution in [0.4, 0.5) is 0 Å². The summed E-state index contributed by atoms with van der Waals surface area (Å²) in [4.78, 5) is 27.8. The fourth-order valence-electron chi connectivity index (χ4n) is 0. The molecular weight excluding hydrogens is 237 g/mol. The van der Waals surface area contributed by atoms with Crippen molar-refractivity contribution in [3.8, 4) is 0 Å². The number of hydrogen-bond donors (Lipinski definition) is 0. The van der Waals surface area contributed by atoms with Gasteiger partial charge in [0, 0.05) is 7.11 Å². The van der Waals surface area contributed by atoms with Gasteiger partial charge < -0.3 is 24.3 Å². The summed E-state index contributed by atoms with van der Waals surface area (Å²) in [6.45, 7) is 0. The predicted octanol–water partition coefficient (Wildman–Crippen LogP) is -13.7. The van der Waals surface area contributed by atoms with Crippen LogP contribution in [0.5, 0.6) is 0 Å². The summed E-state index contributed by atoms with van der Waals surface area (Å²) in [5, 5.41) is 0. The van der Waals surface area contributed by atoms with Gasteiger partial charge in [0.15, 0.2) is 0 Å². The molecule has 5 nitrogen and oxygen atoms in total. The van der Waals surface area contributed by atoms with Crippen molar-refractivity contribution in [2.75, 3.05) is 7.11 Å². The van der Waals surface area contributed by atoms with E-state index in [0.717, 1.165) is 7.11 Å². The molecule has 10 heavy (non-hydrogen) atoms. The van der Waals surface area contributed by atoms with E-state index in [9.17, 15) is 14.4 Å². The molecule has 0 aromatic carbocycles. The summed E-state index contributed by atoms with van der Waals surface area (Å²) in [6, 6.07) is 0. The molecule has 0 saturated carbocycles. The molecule has 0 radical (unpaired) electrons. The normalized spacial score (nSPS) is 7.20. The maximum absolute atomic E-state index is 9.28. The van der Waals surface area contributed by atoms with Crippen LogP contribution in [0.3, 0.4) is 0 Å². The second-order valence-corrected chi connectivity index (χ2v) is 2.11. The molecule has 46 valence electrons. The van der Waals surface area contributed by atoms with Crippen LogP contribution in [0.1, 0.15) is 0 Å². The van der Waals surface area contributed by atoms with E-state index in [-0.39, 0.29) is 160 Å². The van der Waals surface area contributed by atoms with Gasteiger partial charge in [-0.15, -0.1) is 9.05 Å². The fraction of sp³-hybridized carbons (Fsp3) is 1.00. The van der Waals surface area contributed by atoms with Crippen LogP contribution in [0.25, 0.3) is 0 Å². The van der Waals surface area contributed by atoms with E-state index in [1.54, 1.807) is 0 Å². The summed E-state index contributed by atoms with van der Waals surface area (Å²) >= 11 is 0. The van der Waals surface area contributed by atoms with Gasteiger partial charge in [-0.05, 0) is 0 Å². The first-order valence-electron chi connectivity index (χ1n) is 1.22. The zero-order valence-corrected chi connectivity index (χ0v) is 17.0. The third-order valence-electron chi connectivity index (χ3n) is 0.250. The molecule has 0 aliphatic rings. The third kappa shape index (κ3) is 29.3. The van der Waals surface area contributed by atoms with Crippen LogP contribution in [0, 0.1) is 0 Å². The van der Waals surface area contributed by atoms with Gasteiger partial charge in [-0.3, -0.25) is 0 Å². The van der Waals surface area contributed by atoms with Crippen molar-refractivity contribution in [2.45, 2.75) is 0 Å². The molecule has 0 heterocycles. The molecule has 0 aromatic rings. The quantitative estimate of drug-likeness (QED) is 0.425. The summed E-state index contributed by atoms with van der Waals surface area (Å²) in [5.74, 6) is 0. The molecule has 0 amide bonds. The van der Waals surface area contributed by atoms with Gasteiger partial charge >= 0.3 is 154 Å². The SMILES string of the molecule is CO[Si]([O-])([O-])[O-].O.[K+].[K+].[K+]. The van der Waals surface area contributed by atoms with E-state index in [4.69, 9.17) is 0 Å². The van der Waals surface area contributed by atoms with Gasteiger partial charge in [-0.25, -0.2) is 0 Å². The topological polar surface area (TPSA) is 110 Å². The minimum Gasteiger partial charge on any atom is -0.861 e. The minimum absolute atomic E-state index is 0. The van der Waals surface area contributed by atoms with Crippen LogP contribution in [0.15, 0.2) is 0 Å². The molecule has 9 heteroatoms. The van der Waals surface area contributed by atoms with Crippen molar-refractivity contribution in [1.82, 2.24) is 0 Å². The molecule has 0 saturated heterocycles. The van der Waals surface area contributed by atoms with E-state index < -0.39 is 9.05 Å². The van der Waals surface area contributed by atoms with Crippen molar-refractivity contribution >= 4 is 9.05 Å². The van der Waals surface area contributed by atoms with Gasteiger partial charge in [0.25, 0.3) is 0 Å². The van der Waals surface area contributed by atoms with E-state index in [1.165, 1.54) is 0 Å². The summed E-state index contributed by atoms with van der Waals surface area (Å²) in [6.07, 6.45) is 0. The smallest absolute Gasteiger partial charge is 0.861 e. The molecular formula is CH5K3O5Si. The molecule has 0 atom stereocenters. The molecule has 0 aliphatic heterocycles. The number of rotatable bonds is 1. The Balaban J connectivity index is -0.0000000208. The monoisotopic (exact) mass is 242 g/mol. The standard InChI is InChI=1S/CH3O4Si.3K.H2O/c1-5-6(2,3)4;;;;/h1H3;;;;1H2/q-3;3*+1;. The summed E-state index contributed by atoms with van der Waals surface area (Å²) in [5.41, 5.74) is 0. The molecule has 0 aliphatic carbocycles. The molecule has 0 rings (SSSR count). The Hall–Kier alpha value is 4.93. The Kier molecular flexibility index (Phi) is 48.1. The predicted molar refractivity (Wildman–Crippen MR) is 16.4 cm³/mol. The van der Waals surface area contributed by atoms with Crippen LogP contribution in [-0.2, 0) is 4.43 Å². The Labute approximate surface area is 188 Å². The minimum atomic E-state index is -4.88. The molecule has 0 spiro atoms. The number of hydrogen-bond acceptors (Lipinski definition) is 4. The Morgan fingerprint density at radius 1 is 1.00 bits per heavy atom. The van der Waals surface area contributed by atoms with Crippen molar-refractivity contribution < 1.29 is 178 Å². The van der Waals surface area contributed by atoms with E-state index in [2.05, 4.69) is 4.43 Å². The third-order valence-corrected chi connectivity index (χ3v) is 0.750. The van der Waals surface area contributed by atoms with Crippen molar-refractivity contribution in [3.05, 3.63) is 0 Å². The Bertz CT molecular complexity index is 46.6. The van der Waals surface area contributed by atoms with E-state index in [1.807, 2.05) is 0 Å². The first-order valence-corrected chi connectivity index (χ1v) is 2.86. The largest absolute Gasteiger partial charge is 1.00 e. The van der Waals surface area contributed by atoms with Crippen molar-refractivity contribution in [1.29, 1.82) is 0 Å². The van der Waals surface area contributed by atoms with Gasteiger partial charge in [0.1, 0.15) is 0 Å². The summed E-state index contributed by atoms with van der Waals surface area (Å²) in [7, 11) is -4.05. The van der Waals surface area contributed by atoms with Gasteiger partial charge in [-0.1, -0.05) is 0 Å². The molecule has 0 aromatic heterocycles. The maximum atomic E-state index is 9.28. The maximum Gasteiger partial charge on any atom is 1.00 e. The van der Waals surface area contributed by atoms with Crippen molar-refractivity contribution in [2.24, 2.45) is 0 Å². The first kappa shape index (κ1) is 29.4. The molecule has 0 unspecified atom stereocenters. The van der Waals surface area contributed by atoms with Crippen molar-refractivity contribution in [3.63, 3.8) is 0 Å². The Morgan fingerprint density at radius 2 is 1.10 bits per heavy atom. The van der Waals surface area contributed by atoms with Gasteiger partial charge in [0.05, 0.1) is 0 Å². The average Bonchev–Trinajstić information content (AvgIpc) is 1.35. The van der Waals surface area contributed by atoms with Crippen LogP contribution < -0.4 is 169 Å². The van der Waals surface area contributed by atoms with Crippen LogP contribution >= 0.6 is 0 Å². The van der Waals surface area contributed by atoms with E-state index >= 15 is 0 Å². The van der Waals surface area contributed by atoms with Crippen LogP contribution in [-0.4, -0.2) is 21.6 Å². The average molecular weight is 242 g/mol. The summed E-state index contributed by atoms with van der Waals surface area (Å²) < 4.78 is 3.41. The Morgan fingerprint density at radius 3 is 1.10 bits per heavy atom. The molecule has 0 bridgehead atoms. The molecule has 0 fully saturated rings. The second kappa shape index (κ2) is 16.4. The second-order valence-electron chi connectivity index (χ2n) is 0.704. The van der Waals surface area contributed by atoms with Crippen LogP contribution in [0.2, 0.25) is 0 Å². The fourth-order valence-corrected chi connectivity index (χ4v) is 0.